The standard InChI is InChI=1S/C38H54N2O4/c1-5-7-9-10-11-12-13-14-15-16-17-32-18-20-34(21-19-32)37-39-27-35(28-40-37)33-22-24-36(25-23-33)43-29-30(3)44-38(41)31(4)42-26-8-6-2/h18-25,27-28,30-31H,5-17,26,29H2,1-4H3. The van der Waals surface area contributed by atoms with Crippen molar-refractivity contribution in [2.45, 2.75) is 123 Å². The lowest BCUT2D eigenvalue weighted by atomic mass is 10.0. The van der Waals surface area contributed by atoms with Crippen molar-refractivity contribution in [3.05, 3.63) is 66.5 Å². The van der Waals surface area contributed by atoms with Crippen molar-refractivity contribution in [1.82, 2.24) is 9.97 Å². The number of carbonyl (C=O) groups is 1. The first kappa shape index (κ1) is 35.2. The van der Waals surface area contributed by atoms with Gasteiger partial charge in [-0.15, -0.1) is 0 Å². The Kier molecular flexibility index (Phi) is 16.5. The van der Waals surface area contributed by atoms with Crippen LogP contribution in [0.1, 0.15) is 110 Å². The van der Waals surface area contributed by atoms with E-state index < -0.39 is 6.10 Å². The van der Waals surface area contributed by atoms with Crippen LogP contribution in [0.25, 0.3) is 22.5 Å². The highest BCUT2D eigenvalue weighted by Crippen LogP contribution is 2.24. The van der Waals surface area contributed by atoms with Crippen LogP contribution in [0.2, 0.25) is 0 Å². The lowest BCUT2D eigenvalue weighted by molar-refractivity contribution is -0.162. The molecule has 1 aromatic heterocycles. The number of hydrogen-bond donors (Lipinski definition) is 0. The molecular weight excluding hydrogens is 548 g/mol. The van der Waals surface area contributed by atoms with Gasteiger partial charge in [0.05, 0.1) is 0 Å². The number of nitrogens with zero attached hydrogens (tertiary/aromatic N) is 2. The van der Waals surface area contributed by atoms with Crippen molar-refractivity contribution in [2.24, 2.45) is 0 Å². The number of aryl methyl sites for hydroxylation is 1. The lowest BCUT2D eigenvalue weighted by Gasteiger charge is -2.18. The Labute approximate surface area is 266 Å². The highest BCUT2D eigenvalue weighted by Gasteiger charge is 2.18. The monoisotopic (exact) mass is 602 g/mol. The SMILES string of the molecule is CCCCCCCCCCCCc1ccc(-c2ncc(-c3ccc(OCC(C)OC(=O)C(C)OCCCC)cc3)cn2)cc1. The number of benzene rings is 2. The molecule has 0 amide bonds. The molecule has 2 atom stereocenters. The van der Waals surface area contributed by atoms with Gasteiger partial charge < -0.3 is 14.2 Å². The summed E-state index contributed by atoms with van der Waals surface area (Å²) in [5, 5.41) is 0. The maximum Gasteiger partial charge on any atom is 0.335 e. The molecule has 0 bridgehead atoms. The fraction of sp³-hybridized carbons (Fsp3) is 0.553. The van der Waals surface area contributed by atoms with E-state index in [9.17, 15) is 4.79 Å². The van der Waals surface area contributed by atoms with E-state index in [1.807, 2.05) is 43.6 Å². The van der Waals surface area contributed by atoms with E-state index in [1.165, 1.54) is 69.8 Å². The minimum Gasteiger partial charge on any atom is -0.490 e. The van der Waals surface area contributed by atoms with Crippen LogP contribution in [0.15, 0.2) is 60.9 Å². The second-order valence-corrected chi connectivity index (χ2v) is 11.9. The van der Waals surface area contributed by atoms with Gasteiger partial charge in [-0.3, -0.25) is 0 Å². The molecule has 0 N–H and O–H groups in total. The van der Waals surface area contributed by atoms with Crippen molar-refractivity contribution < 1.29 is 19.0 Å². The van der Waals surface area contributed by atoms with Gasteiger partial charge in [-0.25, -0.2) is 14.8 Å². The van der Waals surface area contributed by atoms with Gasteiger partial charge in [-0.05, 0) is 56.4 Å². The van der Waals surface area contributed by atoms with Gasteiger partial charge in [0.2, 0.25) is 0 Å². The first-order valence-electron chi connectivity index (χ1n) is 17.0. The Morgan fingerprint density at radius 1 is 0.682 bits per heavy atom. The van der Waals surface area contributed by atoms with Crippen molar-refractivity contribution in [1.29, 1.82) is 0 Å². The smallest absolute Gasteiger partial charge is 0.335 e. The Bertz CT molecular complexity index is 1180. The summed E-state index contributed by atoms with van der Waals surface area (Å²) in [7, 11) is 0. The molecule has 240 valence electrons. The molecule has 2 unspecified atom stereocenters. The maximum atomic E-state index is 12.2. The largest absolute Gasteiger partial charge is 0.490 e. The fourth-order valence-electron chi connectivity index (χ4n) is 5.02. The Morgan fingerprint density at radius 3 is 1.86 bits per heavy atom. The molecule has 0 aliphatic heterocycles. The molecule has 3 aromatic rings. The van der Waals surface area contributed by atoms with E-state index in [-0.39, 0.29) is 18.7 Å². The van der Waals surface area contributed by atoms with Crippen molar-refractivity contribution in [3.8, 4) is 28.3 Å². The third-order valence-corrected chi connectivity index (χ3v) is 7.87. The van der Waals surface area contributed by atoms with Crippen molar-refractivity contribution >= 4 is 5.97 Å². The third kappa shape index (κ3) is 13.2. The Hall–Kier alpha value is -3.25. The highest BCUT2D eigenvalue weighted by atomic mass is 16.6. The van der Waals surface area contributed by atoms with E-state index in [0.717, 1.165) is 41.8 Å². The molecule has 0 spiro atoms. The van der Waals surface area contributed by atoms with Crippen molar-refractivity contribution in [3.63, 3.8) is 0 Å². The third-order valence-electron chi connectivity index (χ3n) is 7.87. The summed E-state index contributed by atoms with van der Waals surface area (Å²) < 4.78 is 16.8. The second kappa shape index (κ2) is 20.7. The fourth-order valence-corrected chi connectivity index (χ4v) is 5.02. The molecule has 1 heterocycles. The molecule has 0 aliphatic rings. The van der Waals surface area contributed by atoms with Gasteiger partial charge in [-0.2, -0.15) is 0 Å². The van der Waals surface area contributed by atoms with Crippen LogP contribution < -0.4 is 4.74 Å². The minimum atomic E-state index is -0.574. The molecule has 0 saturated heterocycles. The van der Waals surface area contributed by atoms with E-state index in [2.05, 4.69) is 48.1 Å². The summed E-state index contributed by atoms with van der Waals surface area (Å²) in [5.74, 6) is 1.07. The lowest BCUT2D eigenvalue weighted by Crippen LogP contribution is -2.30. The molecule has 2 aromatic carbocycles. The number of rotatable bonds is 22. The van der Waals surface area contributed by atoms with Crippen LogP contribution in [0.3, 0.4) is 0 Å². The summed E-state index contributed by atoms with van der Waals surface area (Å²) in [6.07, 6.45) is 19.5. The van der Waals surface area contributed by atoms with Gasteiger partial charge >= 0.3 is 5.97 Å². The first-order valence-corrected chi connectivity index (χ1v) is 17.0. The predicted molar refractivity (Wildman–Crippen MR) is 180 cm³/mol. The number of hydrogen-bond acceptors (Lipinski definition) is 6. The highest BCUT2D eigenvalue weighted by molar-refractivity contribution is 5.74. The molecule has 0 saturated carbocycles. The summed E-state index contributed by atoms with van der Waals surface area (Å²) in [6, 6.07) is 16.5. The first-order chi connectivity index (χ1) is 21.5. The zero-order valence-electron chi connectivity index (χ0n) is 27.6. The number of esters is 1. The van der Waals surface area contributed by atoms with Crippen LogP contribution in [-0.4, -0.2) is 41.4 Å². The molecule has 3 rings (SSSR count). The Morgan fingerprint density at radius 2 is 1.25 bits per heavy atom. The summed E-state index contributed by atoms with van der Waals surface area (Å²) in [6.45, 7) is 8.72. The maximum absolute atomic E-state index is 12.2. The van der Waals surface area contributed by atoms with Gasteiger partial charge in [0.15, 0.2) is 11.9 Å². The van der Waals surface area contributed by atoms with Crippen molar-refractivity contribution in [2.75, 3.05) is 13.2 Å². The van der Waals surface area contributed by atoms with Gasteiger partial charge in [-0.1, -0.05) is 114 Å². The van der Waals surface area contributed by atoms with Gasteiger partial charge in [0.1, 0.15) is 18.5 Å². The molecular formula is C38H54N2O4. The quantitative estimate of drug-likeness (QED) is 0.0842. The summed E-state index contributed by atoms with van der Waals surface area (Å²) >= 11 is 0. The second-order valence-electron chi connectivity index (χ2n) is 11.9. The predicted octanol–water partition coefficient (Wildman–Crippen LogP) is 9.79. The molecule has 0 radical (unpaired) electrons. The van der Waals surface area contributed by atoms with E-state index in [4.69, 9.17) is 14.2 Å². The number of unbranched alkanes of at least 4 members (excludes halogenated alkanes) is 10. The Balaban J connectivity index is 1.37. The summed E-state index contributed by atoms with van der Waals surface area (Å²) in [4.78, 5) is 21.4. The molecule has 6 heteroatoms. The molecule has 0 fully saturated rings. The number of carbonyl (C=O) groups excluding carboxylic acids is 1. The van der Waals surface area contributed by atoms with Gasteiger partial charge in [0.25, 0.3) is 0 Å². The van der Waals surface area contributed by atoms with Crippen LogP contribution in [0, 0.1) is 0 Å². The minimum absolute atomic E-state index is 0.266. The normalized spacial score (nSPS) is 12.5. The zero-order chi connectivity index (χ0) is 31.4. The molecule has 6 nitrogen and oxygen atoms in total. The molecule has 44 heavy (non-hydrogen) atoms. The topological polar surface area (TPSA) is 70.5 Å². The van der Waals surface area contributed by atoms with E-state index >= 15 is 0 Å². The van der Waals surface area contributed by atoms with Crippen LogP contribution >= 0.6 is 0 Å². The van der Waals surface area contributed by atoms with Crippen LogP contribution in [-0.2, 0) is 20.7 Å². The van der Waals surface area contributed by atoms with Crippen LogP contribution in [0.5, 0.6) is 5.75 Å². The molecule has 0 aliphatic carbocycles. The number of ether oxygens (including phenoxy) is 3. The van der Waals surface area contributed by atoms with Gasteiger partial charge in [0, 0.05) is 30.1 Å². The average molecular weight is 603 g/mol. The van der Waals surface area contributed by atoms with E-state index in [1.54, 1.807) is 6.92 Å². The van der Waals surface area contributed by atoms with Crippen LogP contribution in [0.4, 0.5) is 0 Å². The number of aromatic nitrogens is 2. The average Bonchev–Trinajstić information content (AvgIpc) is 3.05. The summed E-state index contributed by atoms with van der Waals surface area (Å²) in [5.41, 5.74) is 4.36. The van der Waals surface area contributed by atoms with E-state index in [0.29, 0.717) is 12.4 Å². The zero-order valence-corrected chi connectivity index (χ0v) is 27.6.